The minimum absolute atomic E-state index is 0.0811. The number of nitrogens with one attached hydrogen (secondary N) is 1. The molecular formula is C19H31N3O2. The third-order valence-corrected chi connectivity index (χ3v) is 4.89. The van der Waals surface area contributed by atoms with Crippen LogP contribution in [0.1, 0.15) is 18.4 Å². The molecule has 1 aromatic rings. The fourth-order valence-electron chi connectivity index (χ4n) is 3.40. The summed E-state index contributed by atoms with van der Waals surface area (Å²) in [5.41, 5.74) is 1.13. The van der Waals surface area contributed by atoms with E-state index < -0.39 is 0 Å². The van der Waals surface area contributed by atoms with Crippen molar-refractivity contribution in [3.8, 4) is 5.75 Å². The van der Waals surface area contributed by atoms with Crippen LogP contribution in [-0.4, -0.2) is 69.6 Å². The molecule has 1 N–H and O–H groups in total. The van der Waals surface area contributed by atoms with Crippen molar-refractivity contribution in [3.05, 3.63) is 29.8 Å². The average Bonchev–Trinajstić information content (AvgIpc) is 2.77. The Bertz CT molecular complexity index is 533. The van der Waals surface area contributed by atoms with Gasteiger partial charge in [0.25, 0.3) is 0 Å². The summed E-state index contributed by atoms with van der Waals surface area (Å²) in [4.78, 5) is 17.1. The predicted molar refractivity (Wildman–Crippen MR) is 97.4 cm³/mol. The van der Waals surface area contributed by atoms with Crippen molar-refractivity contribution in [1.29, 1.82) is 0 Å². The normalized spacial score (nSPS) is 22.2. The molecule has 5 heteroatoms. The fourth-order valence-corrected chi connectivity index (χ4v) is 3.40. The van der Waals surface area contributed by atoms with E-state index in [9.17, 15) is 4.79 Å². The summed E-state index contributed by atoms with van der Waals surface area (Å²) in [7, 11) is 8.02. The van der Waals surface area contributed by atoms with Crippen molar-refractivity contribution < 1.29 is 9.53 Å². The monoisotopic (exact) mass is 333 g/mol. The van der Waals surface area contributed by atoms with E-state index in [2.05, 4.69) is 36.3 Å². The Hall–Kier alpha value is -1.59. The van der Waals surface area contributed by atoms with E-state index in [0.717, 1.165) is 43.7 Å². The van der Waals surface area contributed by atoms with Gasteiger partial charge in [0.1, 0.15) is 5.75 Å². The van der Waals surface area contributed by atoms with E-state index in [-0.39, 0.29) is 11.8 Å². The molecule has 1 heterocycles. The lowest BCUT2D eigenvalue weighted by Gasteiger charge is -2.25. The molecule has 1 fully saturated rings. The third kappa shape index (κ3) is 5.21. The number of para-hydroxylation sites is 1. The molecule has 5 nitrogen and oxygen atoms in total. The van der Waals surface area contributed by atoms with Crippen LogP contribution in [-0.2, 0) is 11.2 Å². The van der Waals surface area contributed by atoms with E-state index >= 15 is 0 Å². The van der Waals surface area contributed by atoms with Crippen LogP contribution in [0.25, 0.3) is 0 Å². The van der Waals surface area contributed by atoms with Gasteiger partial charge in [0.05, 0.1) is 13.0 Å². The Balaban J connectivity index is 1.83. The summed E-state index contributed by atoms with van der Waals surface area (Å²) in [5, 5.41) is 3.11. The number of carbonyl (C=O) groups excluding carboxylic acids is 1. The van der Waals surface area contributed by atoms with Gasteiger partial charge >= 0.3 is 0 Å². The zero-order valence-corrected chi connectivity index (χ0v) is 15.4. The van der Waals surface area contributed by atoms with E-state index in [1.165, 1.54) is 0 Å². The van der Waals surface area contributed by atoms with Gasteiger partial charge in [-0.25, -0.2) is 0 Å². The molecule has 1 saturated heterocycles. The first-order chi connectivity index (χ1) is 11.5. The maximum absolute atomic E-state index is 12.5. The summed E-state index contributed by atoms with van der Waals surface area (Å²) >= 11 is 0. The second-order valence-electron chi connectivity index (χ2n) is 6.97. The van der Waals surface area contributed by atoms with Crippen molar-refractivity contribution in [2.24, 2.45) is 5.92 Å². The molecule has 0 aliphatic carbocycles. The van der Waals surface area contributed by atoms with Gasteiger partial charge in [-0.15, -0.1) is 0 Å². The number of likely N-dealkylation sites (tertiary alicyclic amines) is 1. The molecule has 134 valence electrons. The van der Waals surface area contributed by atoms with Crippen LogP contribution in [0.5, 0.6) is 5.75 Å². The zero-order valence-electron chi connectivity index (χ0n) is 15.4. The Morgan fingerprint density at radius 2 is 2.04 bits per heavy atom. The van der Waals surface area contributed by atoms with Gasteiger partial charge in [0.15, 0.2) is 0 Å². The van der Waals surface area contributed by atoms with Gasteiger partial charge in [-0.2, -0.15) is 0 Å². The summed E-state index contributed by atoms with van der Waals surface area (Å²) in [6, 6.07) is 8.50. The second-order valence-corrected chi connectivity index (χ2v) is 6.97. The van der Waals surface area contributed by atoms with Gasteiger partial charge < -0.3 is 19.9 Å². The topological polar surface area (TPSA) is 44.8 Å². The van der Waals surface area contributed by atoms with Crippen molar-refractivity contribution in [3.63, 3.8) is 0 Å². The van der Waals surface area contributed by atoms with Crippen molar-refractivity contribution in [2.75, 3.05) is 47.9 Å². The molecular weight excluding hydrogens is 302 g/mol. The van der Waals surface area contributed by atoms with Crippen LogP contribution in [0.3, 0.4) is 0 Å². The third-order valence-electron chi connectivity index (χ3n) is 4.89. The number of rotatable bonds is 6. The van der Waals surface area contributed by atoms with E-state index in [4.69, 9.17) is 4.74 Å². The SMILES string of the molecule is COc1ccccc1CCNC(=O)[C@@H]1CC[C@H](N(C)C)CN(C)C1. The highest BCUT2D eigenvalue weighted by atomic mass is 16.5. The number of ether oxygens (including phenoxy) is 1. The molecule has 1 aliphatic heterocycles. The van der Waals surface area contributed by atoms with Gasteiger partial charge in [-0.05, 0) is 52.0 Å². The van der Waals surface area contributed by atoms with E-state index in [1.807, 2.05) is 24.3 Å². The molecule has 0 aromatic heterocycles. The van der Waals surface area contributed by atoms with Gasteiger partial charge in [-0.3, -0.25) is 4.79 Å². The molecule has 2 atom stereocenters. The number of carbonyl (C=O) groups is 1. The molecule has 24 heavy (non-hydrogen) atoms. The van der Waals surface area contributed by atoms with Gasteiger partial charge in [0, 0.05) is 25.7 Å². The number of likely N-dealkylation sites (N-methyl/N-ethyl adjacent to an activating group) is 2. The zero-order chi connectivity index (χ0) is 17.5. The van der Waals surface area contributed by atoms with Crippen LogP contribution < -0.4 is 10.1 Å². The lowest BCUT2D eigenvalue weighted by Crippen LogP contribution is -2.39. The predicted octanol–water partition coefficient (Wildman–Crippen LogP) is 1.63. The molecule has 2 rings (SSSR count). The molecule has 0 spiro atoms. The maximum Gasteiger partial charge on any atom is 0.224 e. The van der Waals surface area contributed by atoms with Crippen LogP contribution in [0.15, 0.2) is 24.3 Å². The first-order valence-corrected chi connectivity index (χ1v) is 8.75. The summed E-state index contributed by atoms with van der Waals surface area (Å²) in [6.07, 6.45) is 2.81. The highest BCUT2D eigenvalue weighted by Crippen LogP contribution is 2.19. The van der Waals surface area contributed by atoms with Gasteiger partial charge in [-0.1, -0.05) is 18.2 Å². The molecule has 0 unspecified atom stereocenters. The van der Waals surface area contributed by atoms with Crippen molar-refractivity contribution in [1.82, 2.24) is 15.1 Å². The number of benzene rings is 1. The van der Waals surface area contributed by atoms with Crippen LogP contribution in [0, 0.1) is 5.92 Å². The number of nitrogens with zero attached hydrogens (tertiary/aromatic N) is 2. The molecule has 1 aromatic carbocycles. The first-order valence-electron chi connectivity index (χ1n) is 8.75. The van der Waals surface area contributed by atoms with Crippen LogP contribution >= 0.6 is 0 Å². The molecule has 1 aliphatic rings. The average molecular weight is 333 g/mol. The van der Waals surface area contributed by atoms with E-state index in [1.54, 1.807) is 7.11 Å². The summed E-state index contributed by atoms with van der Waals surface area (Å²) in [6.45, 7) is 2.51. The highest BCUT2D eigenvalue weighted by Gasteiger charge is 2.27. The summed E-state index contributed by atoms with van der Waals surface area (Å²) < 4.78 is 5.36. The Morgan fingerprint density at radius 3 is 2.75 bits per heavy atom. The first kappa shape index (κ1) is 18.7. The number of hydrogen-bond donors (Lipinski definition) is 1. The second kappa shape index (κ2) is 9.04. The van der Waals surface area contributed by atoms with E-state index in [0.29, 0.717) is 12.6 Å². The molecule has 1 amide bonds. The lowest BCUT2D eigenvalue weighted by atomic mass is 10.0. The maximum atomic E-state index is 12.5. The number of hydrogen-bond acceptors (Lipinski definition) is 4. The fraction of sp³-hybridized carbons (Fsp3) is 0.632. The van der Waals surface area contributed by atoms with Crippen LogP contribution in [0.2, 0.25) is 0 Å². The minimum atomic E-state index is 0.0811. The molecule has 0 radical (unpaired) electrons. The smallest absolute Gasteiger partial charge is 0.224 e. The Morgan fingerprint density at radius 1 is 1.29 bits per heavy atom. The highest BCUT2D eigenvalue weighted by molar-refractivity contribution is 5.78. The quantitative estimate of drug-likeness (QED) is 0.859. The largest absolute Gasteiger partial charge is 0.496 e. The molecule has 0 saturated carbocycles. The number of methoxy groups -OCH3 is 1. The Labute approximate surface area is 146 Å². The molecule has 0 bridgehead atoms. The van der Waals surface area contributed by atoms with Gasteiger partial charge in [0.2, 0.25) is 5.91 Å². The standard InChI is InChI=1S/C19H31N3O2/c1-21(2)17-10-9-16(13-22(3)14-17)19(23)20-12-11-15-7-5-6-8-18(15)24-4/h5-8,16-17H,9-14H2,1-4H3,(H,20,23)/t16-,17+/m1/s1. The lowest BCUT2D eigenvalue weighted by molar-refractivity contribution is -0.125. The summed E-state index contributed by atoms with van der Waals surface area (Å²) in [5.74, 6) is 1.14. The number of amides is 1. The minimum Gasteiger partial charge on any atom is -0.496 e. The van der Waals surface area contributed by atoms with Crippen molar-refractivity contribution >= 4 is 5.91 Å². The van der Waals surface area contributed by atoms with Crippen LogP contribution in [0.4, 0.5) is 0 Å². The Kier molecular flexibility index (Phi) is 7.06. The van der Waals surface area contributed by atoms with Crippen molar-refractivity contribution in [2.45, 2.75) is 25.3 Å².